The number of esters is 1. The number of carbonyl (C=O) groups is 4. The molecule has 10 N–H and O–H groups in total. The number of carboxylic acids is 1. The van der Waals surface area contributed by atoms with Gasteiger partial charge in [0.2, 0.25) is 5.91 Å². The minimum atomic E-state index is -1.02. The highest BCUT2D eigenvalue weighted by atomic mass is 16.5. The maximum atomic E-state index is 13.4. The summed E-state index contributed by atoms with van der Waals surface area (Å²) in [6, 6.07) is 23.8. The number of ether oxygens (including phenoxy) is 1. The number of aryl methyl sites for hydroxylation is 1. The normalized spacial score (nSPS) is 15.6. The number of anilines is 6. The molecule has 30 nitrogen and oxygen atoms in total. The van der Waals surface area contributed by atoms with Crippen LogP contribution < -0.4 is 50.2 Å². The van der Waals surface area contributed by atoms with Gasteiger partial charge in [-0.1, -0.05) is 51.4 Å². The Morgan fingerprint density at radius 3 is 1.24 bits per heavy atom. The third-order valence-corrected chi connectivity index (χ3v) is 19.0. The molecule has 1 aliphatic heterocycles. The van der Waals surface area contributed by atoms with Crippen LogP contribution in [-0.4, -0.2) is 114 Å². The first-order valence-electron chi connectivity index (χ1n) is 33.0. The number of aromatic carboxylic acids is 1. The van der Waals surface area contributed by atoms with Crippen molar-refractivity contribution < 1.29 is 29.0 Å². The zero-order chi connectivity index (χ0) is 69.2. The van der Waals surface area contributed by atoms with Gasteiger partial charge in [-0.3, -0.25) is 41.9 Å². The van der Waals surface area contributed by atoms with Gasteiger partial charge in [0.25, 0.3) is 5.91 Å². The number of nitrogens with two attached hydrogens (primary N) is 4. The molecular formula is C69H73N21O9. The topological polar surface area (TPSA) is 414 Å². The van der Waals surface area contributed by atoms with Crippen molar-refractivity contribution in [1.29, 1.82) is 0 Å². The van der Waals surface area contributed by atoms with Crippen molar-refractivity contribution in [2.75, 3.05) is 40.3 Å². The fraction of sp³-hybridized carbons (Fsp3) is 0.333. The summed E-state index contributed by atoms with van der Waals surface area (Å²) in [5.74, 6) is 0.781. The Morgan fingerprint density at radius 2 is 0.848 bits per heavy atom. The maximum absolute atomic E-state index is 13.4. The van der Waals surface area contributed by atoms with Crippen LogP contribution in [0.25, 0.3) is 50.6 Å². The van der Waals surface area contributed by atoms with Gasteiger partial charge in [-0.05, 0) is 149 Å². The number of aromatic nitrogens is 15. The fourth-order valence-electron chi connectivity index (χ4n) is 14.3. The largest absolute Gasteiger partial charge is 0.478 e. The number of imidazole rings is 3. The van der Waals surface area contributed by atoms with E-state index in [2.05, 4.69) is 50.2 Å². The first-order valence-corrected chi connectivity index (χ1v) is 33.0. The Hall–Kier alpha value is -12.0. The van der Waals surface area contributed by atoms with Crippen molar-refractivity contribution in [3.8, 4) is 17.1 Å². The molecule has 0 bridgehead atoms. The molecule has 11 aromatic rings. The van der Waals surface area contributed by atoms with Gasteiger partial charge < -0.3 is 38.1 Å². The fourth-order valence-corrected chi connectivity index (χ4v) is 14.3. The number of fused-ring (bicyclic) bond motifs is 4. The Morgan fingerprint density at radius 1 is 0.475 bits per heavy atom. The van der Waals surface area contributed by atoms with Crippen LogP contribution in [0.3, 0.4) is 0 Å². The molecule has 0 saturated heterocycles. The summed E-state index contributed by atoms with van der Waals surface area (Å²) < 4.78 is 14.4. The number of rotatable bonds is 11. The van der Waals surface area contributed by atoms with Crippen molar-refractivity contribution in [3.05, 3.63) is 176 Å². The van der Waals surface area contributed by atoms with E-state index >= 15 is 0 Å². The van der Waals surface area contributed by atoms with Crippen LogP contribution in [-0.2, 0) is 16.0 Å². The summed E-state index contributed by atoms with van der Waals surface area (Å²) in [5, 5.41) is 11.8. The number of nitrogens with zero attached hydrogens (tertiary/aromatic N) is 16. The number of hydrogen-bond acceptors (Lipinski definition) is 21. The minimum absolute atomic E-state index is 0.101. The molecule has 4 fully saturated rings. The van der Waals surface area contributed by atoms with Crippen molar-refractivity contribution in [3.63, 3.8) is 0 Å². The SMILES string of the molecule is COC(=O)c1ccc(-n2c(=O)n(C3CCCC3)c3ncnc(N)c32)cc1.Cc1ccnc(NC(=O)c2ccc(-n3c(=O)n(C4CCCC4)c4ncnc(N)c43)cc2)c1.Nc1ncnc2c1CC(=O)N2C1CCCC1.Nc1ncnc2c1n(-c1ccc(C(=O)O)cc1)c(=O)n2C1CCCC1. The molecule has 4 aliphatic carbocycles. The van der Waals surface area contributed by atoms with E-state index in [0.717, 1.165) is 107 Å². The van der Waals surface area contributed by atoms with Crippen molar-refractivity contribution in [1.82, 2.24) is 72.3 Å². The number of carboxylic acid groups (broad SMARTS) is 1. The molecule has 99 heavy (non-hydrogen) atoms. The van der Waals surface area contributed by atoms with E-state index in [1.54, 1.807) is 86.6 Å². The molecule has 2 amide bonds. The molecule has 0 spiro atoms. The zero-order valence-corrected chi connectivity index (χ0v) is 54.5. The lowest BCUT2D eigenvalue weighted by Crippen LogP contribution is -2.36. The lowest BCUT2D eigenvalue weighted by molar-refractivity contribution is -0.117. The third-order valence-electron chi connectivity index (χ3n) is 19.0. The van der Waals surface area contributed by atoms with Crippen LogP contribution in [0.5, 0.6) is 0 Å². The molecule has 0 atom stereocenters. The zero-order valence-electron chi connectivity index (χ0n) is 54.5. The summed E-state index contributed by atoms with van der Waals surface area (Å²) in [6.45, 7) is 1.93. The smallest absolute Gasteiger partial charge is 0.337 e. The van der Waals surface area contributed by atoms with E-state index in [-0.39, 0.29) is 70.0 Å². The Labute approximate surface area is 564 Å². The van der Waals surface area contributed by atoms with Crippen LogP contribution in [0, 0.1) is 6.92 Å². The molecule has 5 aliphatic rings. The van der Waals surface area contributed by atoms with Gasteiger partial charge >= 0.3 is 29.0 Å². The summed E-state index contributed by atoms with van der Waals surface area (Å²) in [6.07, 6.45) is 24.3. The van der Waals surface area contributed by atoms with Gasteiger partial charge in [0, 0.05) is 41.5 Å². The average molecular weight is 1340 g/mol. The summed E-state index contributed by atoms with van der Waals surface area (Å²) in [5.41, 5.74) is 31.1. The molecule has 16 rings (SSSR count). The second-order valence-corrected chi connectivity index (χ2v) is 25.1. The number of nitrogen functional groups attached to an aromatic ring is 4. The van der Waals surface area contributed by atoms with E-state index in [0.29, 0.717) is 85.8 Å². The molecular weight excluding hydrogens is 1270 g/mol. The highest BCUT2D eigenvalue weighted by Gasteiger charge is 2.37. The highest BCUT2D eigenvalue weighted by Crippen LogP contribution is 2.38. The molecule has 0 radical (unpaired) electrons. The first-order chi connectivity index (χ1) is 48.0. The quantitative estimate of drug-likeness (QED) is 0.0664. The van der Waals surface area contributed by atoms with Crippen LogP contribution in [0.2, 0.25) is 0 Å². The molecule has 30 heteroatoms. The van der Waals surface area contributed by atoms with Gasteiger partial charge in [-0.2, -0.15) is 0 Å². The van der Waals surface area contributed by atoms with Gasteiger partial charge in [-0.15, -0.1) is 0 Å². The number of amides is 2. The van der Waals surface area contributed by atoms with Crippen LogP contribution in [0.15, 0.2) is 131 Å². The van der Waals surface area contributed by atoms with Crippen LogP contribution in [0.4, 0.5) is 34.9 Å². The predicted octanol–water partition coefficient (Wildman–Crippen LogP) is 8.17. The average Bonchev–Trinajstić information content (AvgIpc) is 1.63. The highest BCUT2D eigenvalue weighted by molar-refractivity contribution is 6.04. The number of methoxy groups -OCH3 is 1. The van der Waals surface area contributed by atoms with Crippen molar-refractivity contribution >= 4 is 92.2 Å². The van der Waals surface area contributed by atoms with Gasteiger partial charge in [0.1, 0.15) is 59.3 Å². The summed E-state index contributed by atoms with van der Waals surface area (Å²) in [7, 11) is 1.33. The number of carbonyl (C=O) groups excluding carboxylic acids is 3. The number of pyridine rings is 1. The number of benzene rings is 3. The molecule has 8 aromatic heterocycles. The number of nitrogens with one attached hydrogen (secondary N) is 1. The van der Waals surface area contributed by atoms with Crippen molar-refractivity contribution in [2.24, 2.45) is 0 Å². The van der Waals surface area contributed by atoms with Crippen molar-refractivity contribution in [2.45, 2.75) is 140 Å². The van der Waals surface area contributed by atoms with Crippen LogP contribution >= 0.6 is 0 Å². The van der Waals surface area contributed by atoms with E-state index in [1.807, 2.05) is 17.9 Å². The number of hydrogen-bond donors (Lipinski definition) is 6. The second-order valence-electron chi connectivity index (χ2n) is 25.1. The maximum Gasteiger partial charge on any atom is 0.337 e. The molecule has 4 saturated carbocycles. The third kappa shape index (κ3) is 12.8. The van der Waals surface area contributed by atoms with Gasteiger partial charge in [-0.25, -0.2) is 68.8 Å². The molecule has 0 unspecified atom stereocenters. The standard InChI is InChI=1S/C23H23N7O2.C18H19N5O3.C17H17N5O3.C11H14N4O/c1-14-10-11-25-18(12-14)28-22(31)15-6-8-17(9-7-15)29-19-20(24)26-13-27-21(19)30(23(29)32)16-4-2-3-5-16;1-26-17(24)11-6-8-13(9-7-11)22-14-15(19)20-10-21-16(14)23(18(22)25)12-4-2-3-5-12;18-14-13-15(20-9-19-14)22(11-3-1-2-4-11)17(25)21(13)12-7-5-10(6-8-12)16(23)24;12-10-8-5-9(16)15(7-3-1-2-4-7)11(8)14-6-13-10/h6-13,16H,2-5H2,1H3,(H2,24,26,27)(H,25,28,31);6-10,12H,2-5H2,1H3,(H2,19,20,21);5-9,11H,1-4H2,(H,23,24)(H2,18,19,20);6-7H,1-5H2,(H2,12,13,14). The Kier molecular flexibility index (Phi) is 18.6. The minimum Gasteiger partial charge on any atom is -0.478 e. The summed E-state index contributed by atoms with van der Waals surface area (Å²) in [4.78, 5) is 126. The molecule has 508 valence electrons. The monoisotopic (exact) mass is 1340 g/mol. The Balaban J connectivity index is 0.000000121. The first kappa shape index (κ1) is 65.7. The summed E-state index contributed by atoms with van der Waals surface area (Å²) >= 11 is 0. The Bertz CT molecular complexity index is 5070. The lowest BCUT2D eigenvalue weighted by Gasteiger charge is -2.23. The second kappa shape index (κ2) is 28.0. The molecule has 3 aromatic carbocycles. The van der Waals surface area contributed by atoms with Gasteiger partial charge in [0.15, 0.2) is 34.4 Å². The van der Waals surface area contributed by atoms with E-state index in [4.69, 9.17) is 32.8 Å². The lowest BCUT2D eigenvalue weighted by atomic mass is 10.2. The van der Waals surface area contributed by atoms with Crippen LogP contribution in [0.1, 0.15) is 163 Å². The van der Waals surface area contributed by atoms with E-state index < -0.39 is 11.9 Å². The predicted molar refractivity (Wildman–Crippen MR) is 370 cm³/mol. The molecule has 9 heterocycles. The van der Waals surface area contributed by atoms with E-state index in [1.165, 1.54) is 71.1 Å². The van der Waals surface area contributed by atoms with E-state index in [9.17, 15) is 33.6 Å². The van der Waals surface area contributed by atoms with Gasteiger partial charge in [0.05, 0.1) is 41.7 Å².